The van der Waals surface area contributed by atoms with E-state index in [0.717, 1.165) is 0 Å². The molecule has 0 rings (SSSR count). The predicted octanol–water partition coefficient (Wildman–Crippen LogP) is 1.58. The maximum Gasteiger partial charge on any atom is 0.471 e. The van der Waals surface area contributed by atoms with E-state index in [1.807, 2.05) is 0 Å². The Morgan fingerprint density at radius 2 is 1.72 bits per heavy atom. The van der Waals surface area contributed by atoms with E-state index in [9.17, 15) is 22.8 Å². The molecule has 106 valence electrons. The van der Waals surface area contributed by atoms with Crippen molar-refractivity contribution < 1.29 is 27.5 Å². The summed E-state index contributed by atoms with van der Waals surface area (Å²) in [6.07, 6.45) is -5.42. The molecule has 2 N–H and O–H groups in total. The van der Waals surface area contributed by atoms with Crippen LogP contribution in [0, 0.1) is 0 Å². The zero-order valence-electron chi connectivity index (χ0n) is 10.5. The van der Waals surface area contributed by atoms with Gasteiger partial charge in [-0.2, -0.15) is 13.2 Å². The summed E-state index contributed by atoms with van der Waals surface area (Å²) in [5.41, 5.74) is -0.443. The molecular formula is C10H17F3N2O3. The van der Waals surface area contributed by atoms with Crippen LogP contribution in [0.2, 0.25) is 0 Å². The Bertz CT molecular complexity index is 298. The van der Waals surface area contributed by atoms with Crippen LogP contribution in [-0.4, -0.2) is 36.9 Å². The standard InChI is InChI=1S/C10H17F3N2O3/c1-9(2,3)15-8(17)18-6-4-5-14-7(16)10(11,12)13/h4-6H2,1-3H3,(H,14,16)(H,15,17). The van der Waals surface area contributed by atoms with Gasteiger partial charge in [0.15, 0.2) is 0 Å². The van der Waals surface area contributed by atoms with Crippen molar-refractivity contribution in [1.82, 2.24) is 10.6 Å². The fraction of sp³-hybridized carbons (Fsp3) is 0.800. The molecule has 0 saturated heterocycles. The number of carbonyl (C=O) groups excluding carboxylic acids is 2. The Kier molecular flexibility index (Phi) is 5.93. The lowest BCUT2D eigenvalue weighted by molar-refractivity contribution is -0.173. The van der Waals surface area contributed by atoms with Gasteiger partial charge in [0, 0.05) is 12.1 Å². The number of alkyl carbamates (subject to hydrolysis) is 1. The highest BCUT2D eigenvalue weighted by atomic mass is 19.4. The van der Waals surface area contributed by atoms with Gasteiger partial charge in [-0.15, -0.1) is 0 Å². The first-order chi connectivity index (χ1) is 8.02. The summed E-state index contributed by atoms with van der Waals surface area (Å²) < 4.78 is 40.0. The van der Waals surface area contributed by atoms with E-state index in [4.69, 9.17) is 4.74 Å². The molecule has 0 radical (unpaired) electrons. The van der Waals surface area contributed by atoms with Crippen LogP contribution < -0.4 is 10.6 Å². The molecule has 0 bridgehead atoms. The van der Waals surface area contributed by atoms with Gasteiger partial charge >= 0.3 is 18.2 Å². The third kappa shape index (κ3) is 8.66. The quantitative estimate of drug-likeness (QED) is 0.762. The lowest BCUT2D eigenvalue weighted by atomic mass is 10.1. The Hall–Kier alpha value is -1.47. The van der Waals surface area contributed by atoms with Crippen molar-refractivity contribution in [1.29, 1.82) is 0 Å². The minimum atomic E-state index is -4.88. The Morgan fingerprint density at radius 1 is 1.17 bits per heavy atom. The summed E-state index contributed by atoms with van der Waals surface area (Å²) in [5.74, 6) is -2.00. The van der Waals surface area contributed by atoms with Crippen LogP contribution in [-0.2, 0) is 9.53 Å². The van der Waals surface area contributed by atoms with Crippen LogP contribution in [0.25, 0.3) is 0 Å². The molecule has 0 unspecified atom stereocenters. The first-order valence-electron chi connectivity index (χ1n) is 5.32. The molecule has 0 heterocycles. The summed E-state index contributed by atoms with van der Waals surface area (Å²) in [5, 5.41) is 4.18. The molecule has 0 aliphatic rings. The minimum Gasteiger partial charge on any atom is -0.449 e. The van der Waals surface area contributed by atoms with Crippen molar-refractivity contribution in [2.45, 2.75) is 38.9 Å². The molecule has 0 aromatic carbocycles. The highest BCUT2D eigenvalue weighted by Gasteiger charge is 2.38. The molecule has 0 saturated carbocycles. The molecule has 18 heavy (non-hydrogen) atoms. The number of hydrogen-bond donors (Lipinski definition) is 2. The van der Waals surface area contributed by atoms with E-state index in [1.54, 1.807) is 26.1 Å². The first kappa shape index (κ1) is 16.5. The van der Waals surface area contributed by atoms with Crippen molar-refractivity contribution >= 4 is 12.0 Å². The van der Waals surface area contributed by atoms with Gasteiger partial charge in [0.05, 0.1) is 6.61 Å². The van der Waals surface area contributed by atoms with Crippen LogP contribution >= 0.6 is 0 Å². The summed E-state index contributed by atoms with van der Waals surface area (Å²) in [6, 6.07) is 0. The molecular weight excluding hydrogens is 253 g/mol. The van der Waals surface area contributed by atoms with Gasteiger partial charge in [0.1, 0.15) is 0 Å². The van der Waals surface area contributed by atoms with Gasteiger partial charge in [-0.3, -0.25) is 4.79 Å². The number of carbonyl (C=O) groups is 2. The molecule has 0 aliphatic carbocycles. The number of nitrogens with one attached hydrogen (secondary N) is 2. The number of ether oxygens (including phenoxy) is 1. The van der Waals surface area contributed by atoms with Crippen LogP contribution in [0.15, 0.2) is 0 Å². The number of halogens is 3. The predicted molar refractivity (Wildman–Crippen MR) is 57.9 cm³/mol. The third-order valence-corrected chi connectivity index (χ3v) is 1.57. The molecule has 5 nitrogen and oxygen atoms in total. The zero-order chi connectivity index (χ0) is 14.4. The van der Waals surface area contributed by atoms with E-state index in [-0.39, 0.29) is 19.6 Å². The number of rotatable bonds is 4. The zero-order valence-corrected chi connectivity index (χ0v) is 10.5. The summed E-state index contributed by atoms with van der Waals surface area (Å²) >= 11 is 0. The normalized spacial score (nSPS) is 11.9. The Morgan fingerprint density at radius 3 is 2.17 bits per heavy atom. The van der Waals surface area contributed by atoms with Gasteiger partial charge in [0.25, 0.3) is 0 Å². The largest absolute Gasteiger partial charge is 0.471 e. The second-order valence-electron chi connectivity index (χ2n) is 4.62. The lowest BCUT2D eigenvalue weighted by Crippen LogP contribution is -2.41. The summed E-state index contributed by atoms with van der Waals surface area (Å²) in [4.78, 5) is 21.5. The smallest absolute Gasteiger partial charge is 0.449 e. The van der Waals surface area contributed by atoms with Gasteiger partial charge in [0.2, 0.25) is 0 Å². The summed E-state index contributed by atoms with van der Waals surface area (Å²) in [7, 11) is 0. The monoisotopic (exact) mass is 270 g/mol. The lowest BCUT2D eigenvalue weighted by Gasteiger charge is -2.19. The third-order valence-electron chi connectivity index (χ3n) is 1.57. The van der Waals surface area contributed by atoms with E-state index < -0.39 is 23.7 Å². The van der Waals surface area contributed by atoms with E-state index in [2.05, 4.69) is 5.32 Å². The second-order valence-corrected chi connectivity index (χ2v) is 4.62. The van der Waals surface area contributed by atoms with Gasteiger partial charge in [-0.25, -0.2) is 4.79 Å². The highest BCUT2D eigenvalue weighted by Crippen LogP contribution is 2.13. The average Bonchev–Trinajstić information content (AvgIpc) is 2.12. The molecule has 0 spiro atoms. The van der Waals surface area contributed by atoms with Crippen LogP contribution in [0.5, 0.6) is 0 Å². The average molecular weight is 270 g/mol. The van der Waals surface area contributed by atoms with Gasteiger partial charge in [-0.05, 0) is 27.2 Å². The Balaban J connectivity index is 3.64. The van der Waals surface area contributed by atoms with Crippen LogP contribution in [0.3, 0.4) is 0 Å². The SMILES string of the molecule is CC(C)(C)NC(=O)OCCCNC(=O)C(F)(F)F. The van der Waals surface area contributed by atoms with Crippen molar-refractivity contribution in [3.05, 3.63) is 0 Å². The van der Waals surface area contributed by atoms with Gasteiger partial charge in [-0.1, -0.05) is 0 Å². The van der Waals surface area contributed by atoms with E-state index in [1.165, 1.54) is 0 Å². The van der Waals surface area contributed by atoms with Crippen LogP contribution in [0.1, 0.15) is 27.2 Å². The van der Waals surface area contributed by atoms with Crippen molar-refractivity contribution in [2.24, 2.45) is 0 Å². The maximum atomic E-state index is 11.8. The fourth-order valence-electron chi connectivity index (χ4n) is 0.881. The van der Waals surface area contributed by atoms with Gasteiger partial charge < -0.3 is 15.4 Å². The molecule has 2 amide bonds. The van der Waals surface area contributed by atoms with Crippen molar-refractivity contribution in [3.63, 3.8) is 0 Å². The van der Waals surface area contributed by atoms with Crippen molar-refractivity contribution in [2.75, 3.05) is 13.2 Å². The Labute approximate surface area is 103 Å². The molecule has 0 aromatic rings. The number of alkyl halides is 3. The van der Waals surface area contributed by atoms with Crippen LogP contribution in [0.4, 0.5) is 18.0 Å². The highest BCUT2D eigenvalue weighted by molar-refractivity contribution is 5.81. The van der Waals surface area contributed by atoms with Crippen molar-refractivity contribution in [3.8, 4) is 0 Å². The second kappa shape index (κ2) is 6.46. The molecule has 0 aromatic heterocycles. The molecule has 8 heteroatoms. The van der Waals surface area contributed by atoms with E-state index >= 15 is 0 Å². The maximum absolute atomic E-state index is 11.8. The summed E-state index contributed by atoms with van der Waals surface area (Å²) in [6.45, 7) is 5.01. The molecule has 0 atom stereocenters. The number of amides is 2. The molecule has 0 aliphatic heterocycles. The fourth-order valence-corrected chi connectivity index (χ4v) is 0.881. The molecule has 0 fully saturated rings. The number of hydrogen-bond acceptors (Lipinski definition) is 3. The topological polar surface area (TPSA) is 67.4 Å². The van der Waals surface area contributed by atoms with E-state index in [0.29, 0.717) is 0 Å². The minimum absolute atomic E-state index is 0.0694. The first-order valence-corrected chi connectivity index (χ1v) is 5.32.